The zero-order valence-electron chi connectivity index (χ0n) is 20.6. The second kappa shape index (κ2) is 11.7. The van der Waals surface area contributed by atoms with E-state index >= 15 is 0 Å². The van der Waals surface area contributed by atoms with Gasteiger partial charge >= 0.3 is 0 Å². The van der Waals surface area contributed by atoms with Crippen LogP contribution in [0.4, 0.5) is 11.4 Å². The van der Waals surface area contributed by atoms with E-state index in [1.807, 2.05) is 36.5 Å². The molecule has 0 unspecified atom stereocenters. The summed E-state index contributed by atoms with van der Waals surface area (Å²) in [5, 5.41) is 3.66. The van der Waals surface area contributed by atoms with Gasteiger partial charge in [-0.2, -0.15) is 0 Å². The fraction of sp³-hybridized carbons (Fsp3) is 0.345. The summed E-state index contributed by atoms with van der Waals surface area (Å²) >= 11 is 1.58. The number of nitrogens with one attached hydrogen (secondary N) is 1. The molecule has 0 saturated carbocycles. The average Bonchev–Trinajstić information content (AvgIpc) is 3.46. The van der Waals surface area contributed by atoms with Gasteiger partial charge in [0.2, 0.25) is 5.91 Å². The molecule has 1 amide bonds. The number of amides is 1. The van der Waals surface area contributed by atoms with Crippen molar-refractivity contribution in [3.8, 4) is 0 Å². The number of carbonyl (C=O) groups is 1. The maximum Gasteiger partial charge on any atom is 0.247 e. The van der Waals surface area contributed by atoms with Gasteiger partial charge in [0.25, 0.3) is 0 Å². The molecule has 0 bridgehead atoms. The molecule has 0 radical (unpaired) electrons. The lowest BCUT2D eigenvalue weighted by Gasteiger charge is -2.37. The Hall–Kier alpha value is -3.16. The topological polar surface area (TPSA) is 61.4 Å². The lowest BCUT2D eigenvalue weighted by molar-refractivity contribution is -0.111. The average molecular weight is 500 g/mol. The van der Waals surface area contributed by atoms with Gasteiger partial charge in [-0.25, -0.2) is 9.97 Å². The van der Waals surface area contributed by atoms with Gasteiger partial charge in [-0.05, 0) is 92.9 Å². The van der Waals surface area contributed by atoms with E-state index in [0.29, 0.717) is 6.42 Å². The number of benzene rings is 2. The fourth-order valence-electron chi connectivity index (χ4n) is 5.05. The van der Waals surface area contributed by atoms with Gasteiger partial charge in [0, 0.05) is 48.0 Å². The number of hydrogen-bond acceptors (Lipinski definition) is 6. The zero-order chi connectivity index (χ0) is 24.7. The number of anilines is 2. The molecule has 2 saturated heterocycles. The normalized spacial score (nSPS) is 16.7. The van der Waals surface area contributed by atoms with Crippen LogP contribution in [0.1, 0.15) is 37.1 Å². The Morgan fingerprint density at radius 3 is 2.42 bits per heavy atom. The van der Waals surface area contributed by atoms with E-state index < -0.39 is 0 Å². The molecule has 7 heteroatoms. The van der Waals surface area contributed by atoms with E-state index in [9.17, 15) is 4.79 Å². The summed E-state index contributed by atoms with van der Waals surface area (Å²) < 4.78 is 0. The van der Waals surface area contributed by atoms with Crippen molar-refractivity contribution in [2.75, 3.05) is 36.4 Å². The first-order valence-corrected chi connectivity index (χ1v) is 13.6. The molecule has 3 aromatic rings. The molecule has 0 spiro atoms. The molecule has 1 aromatic heterocycles. The molecule has 6 nitrogen and oxygen atoms in total. The molecule has 3 heterocycles. The minimum atomic E-state index is -0.217. The van der Waals surface area contributed by atoms with Gasteiger partial charge in [-0.3, -0.25) is 4.79 Å². The van der Waals surface area contributed by atoms with Gasteiger partial charge in [-0.15, -0.1) is 0 Å². The van der Waals surface area contributed by atoms with Crippen molar-refractivity contribution >= 4 is 29.0 Å². The Morgan fingerprint density at radius 1 is 1.00 bits per heavy atom. The molecule has 2 aliphatic heterocycles. The monoisotopic (exact) mass is 499 g/mol. The predicted molar refractivity (Wildman–Crippen MR) is 147 cm³/mol. The standard InChI is InChI=1S/C29H33N5OS/c1-2-28(35)31-23-7-11-26(12-8-23)36-29-13-16-30-27(32-29)21-22-5-9-24(10-6-22)34-19-14-25(15-20-34)33-17-3-4-18-33/h2,5-13,16,25H,1,3-4,14-15,17-21H2,(H,31,35). The van der Waals surface area contributed by atoms with Crippen LogP contribution in [-0.4, -0.2) is 53.0 Å². The minimum absolute atomic E-state index is 0.217. The van der Waals surface area contributed by atoms with Gasteiger partial charge in [0.15, 0.2) is 0 Å². The van der Waals surface area contributed by atoms with Crippen molar-refractivity contribution < 1.29 is 4.79 Å². The third-order valence-corrected chi connectivity index (χ3v) is 7.94. The largest absolute Gasteiger partial charge is 0.371 e. The van der Waals surface area contributed by atoms with Crippen LogP contribution in [0.5, 0.6) is 0 Å². The van der Waals surface area contributed by atoms with Crippen LogP contribution in [-0.2, 0) is 11.2 Å². The summed E-state index contributed by atoms with van der Waals surface area (Å²) in [6, 6.07) is 19.3. The third-order valence-electron chi connectivity index (χ3n) is 6.99. The number of aromatic nitrogens is 2. The molecule has 186 valence electrons. The summed E-state index contributed by atoms with van der Waals surface area (Å²) in [6.45, 7) is 8.35. The van der Waals surface area contributed by atoms with Gasteiger partial charge in [-0.1, -0.05) is 30.5 Å². The Kier molecular flexibility index (Phi) is 7.98. The van der Waals surface area contributed by atoms with Crippen LogP contribution >= 0.6 is 11.8 Å². The van der Waals surface area contributed by atoms with Crippen molar-refractivity contribution in [3.05, 3.63) is 84.8 Å². The number of nitrogens with zero attached hydrogens (tertiary/aromatic N) is 4. The van der Waals surface area contributed by atoms with Crippen LogP contribution in [0, 0.1) is 0 Å². The van der Waals surface area contributed by atoms with E-state index in [1.54, 1.807) is 11.8 Å². The zero-order valence-corrected chi connectivity index (χ0v) is 21.4. The van der Waals surface area contributed by atoms with E-state index in [1.165, 1.54) is 56.1 Å². The van der Waals surface area contributed by atoms with Gasteiger partial charge < -0.3 is 15.1 Å². The highest BCUT2D eigenvalue weighted by Crippen LogP contribution is 2.28. The molecular weight excluding hydrogens is 466 g/mol. The number of piperidine rings is 1. The summed E-state index contributed by atoms with van der Waals surface area (Å²) in [6.07, 6.45) is 9.07. The highest BCUT2D eigenvalue weighted by atomic mass is 32.2. The molecule has 1 N–H and O–H groups in total. The summed E-state index contributed by atoms with van der Waals surface area (Å²) in [4.78, 5) is 27.0. The molecule has 2 aromatic carbocycles. The summed E-state index contributed by atoms with van der Waals surface area (Å²) in [5.74, 6) is 0.597. The first-order valence-electron chi connectivity index (χ1n) is 12.8. The predicted octanol–water partition coefficient (Wildman–Crippen LogP) is 5.41. The Labute approximate surface area is 217 Å². The lowest BCUT2D eigenvalue weighted by Crippen LogP contribution is -2.43. The molecular formula is C29H33N5OS. The summed E-state index contributed by atoms with van der Waals surface area (Å²) in [5.41, 5.74) is 3.28. The van der Waals surface area contributed by atoms with Crippen molar-refractivity contribution in [1.29, 1.82) is 0 Å². The molecule has 2 fully saturated rings. The third kappa shape index (κ3) is 6.33. The maximum atomic E-state index is 11.4. The van der Waals surface area contributed by atoms with Crippen molar-refractivity contribution in [3.63, 3.8) is 0 Å². The Morgan fingerprint density at radius 2 is 1.72 bits per heavy atom. The first-order chi connectivity index (χ1) is 17.7. The molecule has 0 aliphatic carbocycles. The number of carbonyl (C=O) groups excluding carboxylic acids is 1. The van der Waals surface area contributed by atoms with Crippen LogP contribution in [0.25, 0.3) is 0 Å². The molecule has 2 aliphatic rings. The van der Waals surface area contributed by atoms with Gasteiger partial charge in [0.1, 0.15) is 10.9 Å². The van der Waals surface area contributed by atoms with Crippen molar-refractivity contribution in [2.45, 2.75) is 48.1 Å². The number of likely N-dealkylation sites (tertiary alicyclic amines) is 1. The number of rotatable bonds is 8. The molecule has 36 heavy (non-hydrogen) atoms. The quantitative estimate of drug-likeness (QED) is 0.330. The van der Waals surface area contributed by atoms with E-state index in [4.69, 9.17) is 4.98 Å². The number of hydrogen-bond donors (Lipinski definition) is 1. The molecule has 0 atom stereocenters. The van der Waals surface area contributed by atoms with Crippen LogP contribution in [0.15, 0.2) is 83.4 Å². The molecule has 5 rings (SSSR count). The second-order valence-electron chi connectivity index (χ2n) is 9.44. The van der Waals surface area contributed by atoms with Gasteiger partial charge in [0.05, 0.1) is 0 Å². The highest BCUT2D eigenvalue weighted by Gasteiger charge is 2.26. The lowest BCUT2D eigenvalue weighted by atomic mass is 10.0. The van der Waals surface area contributed by atoms with E-state index in [-0.39, 0.29) is 5.91 Å². The SMILES string of the molecule is C=CC(=O)Nc1ccc(Sc2ccnc(Cc3ccc(N4CCC(N5CCCC5)CC4)cc3)n2)cc1. The van der Waals surface area contributed by atoms with Crippen molar-refractivity contribution in [1.82, 2.24) is 14.9 Å². The highest BCUT2D eigenvalue weighted by molar-refractivity contribution is 7.99. The first kappa shape index (κ1) is 24.5. The Balaban J connectivity index is 1.15. The van der Waals surface area contributed by atoms with Crippen LogP contribution < -0.4 is 10.2 Å². The van der Waals surface area contributed by atoms with E-state index in [0.717, 1.165) is 40.6 Å². The van der Waals surface area contributed by atoms with E-state index in [2.05, 4.69) is 50.9 Å². The minimum Gasteiger partial charge on any atom is -0.371 e. The Bertz CT molecular complexity index is 1170. The fourth-order valence-corrected chi connectivity index (χ4v) is 5.84. The van der Waals surface area contributed by atoms with Crippen LogP contribution in [0.3, 0.4) is 0 Å². The second-order valence-corrected chi connectivity index (χ2v) is 10.5. The smallest absolute Gasteiger partial charge is 0.247 e. The maximum absolute atomic E-state index is 11.4. The van der Waals surface area contributed by atoms with Crippen LogP contribution in [0.2, 0.25) is 0 Å². The summed E-state index contributed by atoms with van der Waals surface area (Å²) in [7, 11) is 0. The van der Waals surface area contributed by atoms with Crippen molar-refractivity contribution in [2.24, 2.45) is 0 Å².